The molecule has 0 N–H and O–H groups in total. The van der Waals surface area contributed by atoms with Crippen molar-refractivity contribution < 1.29 is 8.23 Å². The zero-order valence-electron chi connectivity index (χ0n) is 30.6. The monoisotopic (exact) mass is 758 g/mol. The van der Waals surface area contributed by atoms with Gasteiger partial charge in [0.25, 0.3) is 16.6 Å². The smallest absolute Gasteiger partial charge is 0.387 e. The first-order chi connectivity index (χ1) is 27.2. The minimum atomic E-state index is -3.83. The van der Waals surface area contributed by atoms with Gasteiger partial charge >= 0.3 is 8.56 Å². The van der Waals surface area contributed by atoms with E-state index in [0.29, 0.717) is 0 Å². The highest BCUT2D eigenvalue weighted by Crippen LogP contribution is 2.24. The maximum absolute atomic E-state index is 8.61. The number of hydrogen-bond donors (Lipinski definition) is 0. The van der Waals surface area contributed by atoms with Gasteiger partial charge in [0.05, 0.1) is 0 Å². The molecule has 55 heavy (non-hydrogen) atoms. The molecule has 0 heterocycles. The van der Waals surface area contributed by atoms with Crippen LogP contribution in [0.1, 0.15) is 5.56 Å². The summed E-state index contributed by atoms with van der Waals surface area (Å²) in [6.07, 6.45) is 1.90. The van der Waals surface area contributed by atoms with Crippen molar-refractivity contribution in [3.8, 4) is 0 Å². The van der Waals surface area contributed by atoms with E-state index in [2.05, 4.69) is 243 Å². The van der Waals surface area contributed by atoms with Gasteiger partial charge in [0, 0.05) is 0 Å². The van der Waals surface area contributed by atoms with Gasteiger partial charge in [-0.15, -0.1) is 0 Å². The standard InChI is InChI=1S/C50H42O2Si3/c1-2-42-38-40-48(41-39-42)54(46-30-16-6-17-31-46,47-32-18-7-19-33-47)52-55(49-34-20-8-21-35-49,50-36-22-9-23-37-50)51-53(43-24-10-3-11-25-43,44-26-12-4-13-27-44)45-28-14-5-15-29-45/h2-41H,1H2. The van der Waals surface area contributed by atoms with E-state index in [1.165, 1.54) is 0 Å². The van der Waals surface area contributed by atoms with Gasteiger partial charge in [-0.25, -0.2) is 0 Å². The first-order valence-corrected chi connectivity index (χ1v) is 24.3. The van der Waals surface area contributed by atoms with Crippen molar-refractivity contribution in [2.24, 2.45) is 0 Å². The van der Waals surface area contributed by atoms with Crippen LogP contribution in [0, 0.1) is 0 Å². The third-order valence-corrected chi connectivity index (χ3v) is 24.2. The summed E-state index contributed by atoms with van der Waals surface area (Å²) in [4.78, 5) is 0. The van der Waals surface area contributed by atoms with E-state index < -0.39 is 25.2 Å². The van der Waals surface area contributed by atoms with Crippen LogP contribution in [0.5, 0.6) is 0 Å². The summed E-state index contributed by atoms with van der Waals surface area (Å²) >= 11 is 0. The van der Waals surface area contributed by atoms with Crippen LogP contribution in [0.25, 0.3) is 6.08 Å². The minimum Gasteiger partial charge on any atom is -0.419 e. The average Bonchev–Trinajstić information content (AvgIpc) is 3.29. The fourth-order valence-corrected chi connectivity index (χ4v) is 24.0. The Hall–Kier alpha value is -5.93. The third kappa shape index (κ3) is 6.85. The second-order valence-electron chi connectivity index (χ2n) is 13.6. The van der Waals surface area contributed by atoms with Gasteiger partial charge in [-0.1, -0.05) is 249 Å². The van der Waals surface area contributed by atoms with Crippen molar-refractivity contribution in [1.29, 1.82) is 0 Å². The van der Waals surface area contributed by atoms with Crippen LogP contribution in [0.2, 0.25) is 0 Å². The maximum Gasteiger partial charge on any atom is 0.387 e. The molecule has 2 nitrogen and oxygen atoms in total. The van der Waals surface area contributed by atoms with Crippen LogP contribution in [-0.2, 0) is 8.23 Å². The molecule has 0 saturated heterocycles. The van der Waals surface area contributed by atoms with E-state index in [1.807, 2.05) is 6.08 Å². The van der Waals surface area contributed by atoms with Gasteiger partial charge in [0.2, 0.25) is 0 Å². The fourth-order valence-electron chi connectivity index (χ4n) is 7.74. The predicted molar refractivity (Wildman–Crippen MR) is 238 cm³/mol. The normalized spacial score (nSPS) is 11.9. The molecule has 0 aliphatic heterocycles. The Morgan fingerprint density at radius 1 is 0.273 bits per heavy atom. The number of hydrogen-bond acceptors (Lipinski definition) is 2. The molecule has 0 saturated carbocycles. The van der Waals surface area contributed by atoms with Crippen molar-refractivity contribution in [2.75, 3.05) is 0 Å². The molecule has 0 aromatic heterocycles. The highest BCUT2D eigenvalue weighted by molar-refractivity contribution is 7.17. The van der Waals surface area contributed by atoms with Gasteiger partial charge in [-0.3, -0.25) is 0 Å². The highest BCUT2D eigenvalue weighted by atomic mass is 28.5. The molecular weight excluding hydrogens is 717 g/mol. The molecule has 0 aliphatic carbocycles. The lowest BCUT2D eigenvalue weighted by molar-refractivity contribution is 0.430. The molecule has 0 radical (unpaired) electrons. The minimum absolute atomic E-state index is 1.05. The topological polar surface area (TPSA) is 18.5 Å². The summed E-state index contributed by atoms with van der Waals surface area (Å²) in [6, 6.07) is 84.5. The van der Waals surface area contributed by atoms with Crippen molar-refractivity contribution in [3.63, 3.8) is 0 Å². The molecule has 0 bridgehead atoms. The van der Waals surface area contributed by atoms with E-state index in [4.69, 9.17) is 8.23 Å². The molecular formula is C50H42O2Si3. The first kappa shape index (κ1) is 36.1. The van der Waals surface area contributed by atoms with E-state index in [1.54, 1.807) is 0 Å². The molecule has 0 spiro atoms. The number of rotatable bonds is 13. The maximum atomic E-state index is 8.61. The molecule has 8 rings (SSSR count). The van der Waals surface area contributed by atoms with E-state index in [9.17, 15) is 0 Å². The summed E-state index contributed by atoms with van der Waals surface area (Å²) in [5, 5.41) is 8.98. The van der Waals surface area contributed by atoms with Crippen molar-refractivity contribution in [3.05, 3.63) is 249 Å². The zero-order valence-corrected chi connectivity index (χ0v) is 33.6. The predicted octanol–water partition coefficient (Wildman–Crippen LogP) is 6.25. The van der Waals surface area contributed by atoms with Crippen molar-refractivity contribution >= 4 is 72.8 Å². The van der Waals surface area contributed by atoms with Gasteiger partial charge in [-0.05, 0) is 47.1 Å². The molecule has 0 unspecified atom stereocenters. The van der Waals surface area contributed by atoms with E-state index in [0.717, 1.165) is 47.1 Å². The zero-order chi connectivity index (χ0) is 37.4. The van der Waals surface area contributed by atoms with Gasteiger partial charge in [-0.2, -0.15) is 0 Å². The molecule has 266 valence electrons. The molecule has 8 aromatic rings. The lowest BCUT2D eigenvalue weighted by atomic mass is 10.2. The lowest BCUT2D eigenvalue weighted by Gasteiger charge is -2.47. The molecule has 0 fully saturated rings. The van der Waals surface area contributed by atoms with E-state index >= 15 is 0 Å². The molecule has 8 aromatic carbocycles. The Morgan fingerprint density at radius 2 is 0.491 bits per heavy atom. The quantitative estimate of drug-likeness (QED) is 0.102. The van der Waals surface area contributed by atoms with Crippen LogP contribution in [-0.4, -0.2) is 25.2 Å². The summed E-state index contributed by atoms with van der Waals surface area (Å²) in [5.74, 6) is 0. The Morgan fingerprint density at radius 3 is 0.727 bits per heavy atom. The van der Waals surface area contributed by atoms with Crippen LogP contribution in [0.4, 0.5) is 0 Å². The van der Waals surface area contributed by atoms with Crippen LogP contribution in [0.3, 0.4) is 0 Å². The van der Waals surface area contributed by atoms with Gasteiger partial charge in [0.15, 0.2) is 0 Å². The van der Waals surface area contributed by atoms with Crippen molar-refractivity contribution in [2.45, 2.75) is 0 Å². The van der Waals surface area contributed by atoms with E-state index in [-0.39, 0.29) is 0 Å². The second kappa shape index (κ2) is 16.2. The fraction of sp³-hybridized carbons (Fsp3) is 0. The third-order valence-electron chi connectivity index (χ3n) is 10.4. The first-order valence-electron chi connectivity index (χ1n) is 18.7. The Labute approximate surface area is 328 Å². The van der Waals surface area contributed by atoms with Crippen LogP contribution >= 0.6 is 0 Å². The summed E-state index contributed by atoms with van der Waals surface area (Å²) in [6.45, 7) is 4.08. The highest BCUT2D eigenvalue weighted by Gasteiger charge is 2.58. The van der Waals surface area contributed by atoms with Gasteiger partial charge < -0.3 is 8.23 Å². The molecule has 0 atom stereocenters. The van der Waals surface area contributed by atoms with Crippen molar-refractivity contribution in [1.82, 2.24) is 0 Å². The summed E-state index contributed by atoms with van der Waals surface area (Å²) in [7, 11) is -10.7. The second-order valence-corrected chi connectivity index (χ2v) is 23.8. The molecule has 0 amide bonds. The Balaban J connectivity index is 1.54. The lowest BCUT2D eigenvalue weighted by Crippen LogP contribution is -2.83. The van der Waals surface area contributed by atoms with Crippen LogP contribution < -0.4 is 41.5 Å². The van der Waals surface area contributed by atoms with Gasteiger partial charge in [0.1, 0.15) is 0 Å². The molecule has 0 aliphatic rings. The average molecular weight is 759 g/mol. The summed E-state index contributed by atoms with van der Waals surface area (Å²) < 4.78 is 17.2. The SMILES string of the molecule is C=Cc1ccc([Si](O[Si](O[Si](c2ccccc2)(c2ccccc2)c2ccccc2)(c2ccccc2)c2ccccc2)(c2ccccc2)c2ccccc2)cc1. The Kier molecular flexibility index (Phi) is 10.6. The van der Waals surface area contributed by atoms with Crippen LogP contribution in [0.15, 0.2) is 243 Å². The summed E-state index contributed by atoms with van der Waals surface area (Å²) in [5.41, 5.74) is 1.06. The number of benzene rings is 8. The molecule has 5 heteroatoms. The Bertz CT molecular complexity index is 2240. The largest absolute Gasteiger partial charge is 0.419 e.